The molecule has 1 N–H and O–H groups in total. The van der Waals surface area contributed by atoms with Gasteiger partial charge in [0.05, 0.1) is 30.9 Å². The molecule has 0 aliphatic carbocycles. The van der Waals surface area contributed by atoms with E-state index in [1.807, 2.05) is 48.5 Å². The van der Waals surface area contributed by atoms with Crippen molar-refractivity contribution in [2.24, 2.45) is 0 Å². The first-order chi connectivity index (χ1) is 14.5. The number of methoxy groups -OCH3 is 2. The van der Waals surface area contributed by atoms with Gasteiger partial charge >= 0.3 is 0 Å². The molecule has 1 aliphatic heterocycles. The summed E-state index contributed by atoms with van der Waals surface area (Å²) in [6, 6.07) is 22.9. The maximum absolute atomic E-state index is 13.4. The lowest BCUT2D eigenvalue weighted by atomic mass is 10.1. The SMILES string of the molecule is COc1ccc(C2=C[C@H](c3ccccc3)N(S(=O)(=O)c3ccccc3)N2)cc1OC. The predicted octanol–water partition coefficient (Wildman–Crippen LogP) is 4.00. The average molecular weight is 423 g/mol. The summed E-state index contributed by atoms with van der Waals surface area (Å²) in [6.45, 7) is 0. The van der Waals surface area contributed by atoms with Crippen LogP contribution in [0.3, 0.4) is 0 Å². The molecule has 1 aliphatic rings. The van der Waals surface area contributed by atoms with E-state index in [4.69, 9.17) is 9.47 Å². The van der Waals surface area contributed by atoms with Crippen molar-refractivity contribution >= 4 is 15.7 Å². The summed E-state index contributed by atoms with van der Waals surface area (Å²) in [5.41, 5.74) is 5.42. The molecule has 0 spiro atoms. The van der Waals surface area contributed by atoms with E-state index in [-0.39, 0.29) is 4.90 Å². The second kappa shape index (κ2) is 8.22. The number of nitrogens with zero attached hydrogens (tertiary/aromatic N) is 1. The van der Waals surface area contributed by atoms with E-state index >= 15 is 0 Å². The zero-order chi connectivity index (χ0) is 21.1. The number of sulfonamides is 1. The Kier molecular flexibility index (Phi) is 5.48. The molecule has 4 rings (SSSR count). The van der Waals surface area contributed by atoms with E-state index < -0.39 is 16.1 Å². The van der Waals surface area contributed by atoms with Crippen molar-refractivity contribution in [1.82, 2.24) is 9.84 Å². The number of nitrogens with one attached hydrogen (secondary N) is 1. The molecule has 0 aromatic heterocycles. The van der Waals surface area contributed by atoms with Crippen LogP contribution in [0, 0.1) is 0 Å². The third kappa shape index (κ3) is 3.65. The maximum atomic E-state index is 13.4. The topological polar surface area (TPSA) is 67.9 Å². The van der Waals surface area contributed by atoms with Crippen molar-refractivity contribution in [2.45, 2.75) is 10.9 Å². The number of hydrogen-bond acceptors (Lipinski definition) is 5. The largest absolute Gasteiger partial charge is 0.493 e. The lowest BCUT2D eigenvalue weighted by molar-refractivity contribution is 0.347. The van der Waals surface area contributed by atoms with Crippen LogP contribution in [0.5, 0.6) is 11.5 Å². The third-order valence-corrected chi connectivity index (χ3v) is 6.65. The van der Waals surface area contributed by atoms with Crippen molar-refractivity contribution in [3.05, 3.63) is 96.1 Å². The van der Waals surface area contributed by atoms with Crippen LogP contribution in [0.25, 0.3) is 5.70 Å². The molecule has 0 fully saturated rings. The van der Waals surface area contributed by atoms with Crippen LogP contribution in [-0.4, -0.2) is 27.1 Å². The van der Waals surface area contributed by atoms with Crippen LogP contribution >= 0.6 is 0 Å². The van der Waals surface area contributed by atoms with Gasteiger partial charge in [-0.2, -0.15) is 0 Å². The van der Waals surface area contributed by atoms with E-state index in [1.165, 1.54) is 4.41 Å². The Bertz CT molecular complexity index is 1160. The second-order valence-corrected chi connectivity index (χ2v) is 8.55. The molecule has 0 unspecified atom stereocenters. The third-order valence-electron chi connectivity index (χ3n) is 4.94. The van der Waals surface area contributed by atoms with Crippen LogP contribution in [0.2, 0.25) is 0 Å². The average Bonchev–Trinajstić information content (AvgIpc) is 3.26. The summed E-state index contributed by atoms with van der Waals surface area (Å²) < 4.78 is 38.8. The molecule has 3 aromatic rings. The van der Waals surface area contributed by atoms with Gasteiger partial charge in [0, 0.05) is 5.56 Å². The standard InChI is InChI=1S/C23H22N2O4S/c1-28-22-14-13-18(15-23(22)29-2)20-16-21(17-9-5-3-6-10-17)25(24-20)30(26,27)19-11-7-4-8-12-19/h3-16,21,24H,1-2H3/t21-/m1/s1. The van der Waals surface area contributed by atoms with Gasteiger partial charge < -0.3 is 14.9 Å². The normalized spacial score (nSPS) is 16.6. The minimum Gasteiger partial charge on any atom is -0.493 e. The molecule has 0 saturated carbocycles. The first-order valence-electron chi connectivity index (χ1n) is 9.40. The summed E-state index contributed by atoms with van der Waals surface area (Å²) in [6.07, 6.45) is 1.90. The number of hydrazine groups is 1. The fourth-order valence-corrected chi connectivity index (χ4v) is 4.84. The fraction of sp³-hybridized carbons (Fsp3) is 0.130. The van der Waals surface area contributed by atoms with Crippen LogP contribution in [0.1, 0.15) is 17.2 Å². The number of rotatable bonds is 6. The molecule has 0 bridgehead atoms. The molecular formula is C23H22N2O4S. The molecule has 0 amide bonds. The molecule has 6 nitrogen and oxygen atoms in total. The van der Waals surface area contributed by atoms with E-state index in [0.717, 1.165) is 11.1 Å². The molecule has 1 atom stereocenters. The smallest absolute Gasteiger partial charge is 0.260 e. The molecular weight excluding hydrogens is 400 g/mol. The first-order valence-corrected chi connectivity index (χ1v) is 10.8. The second-order valence-electron chi connectivity index (χ2n) is 6.73. The van der Waals surface area contributed by atoms with Crippen molar-refractivity contribution in [1.29, 1.82) is 0 Å². The van der Waals surface area contributed by atoms with Gasteiger partial charge in [-0.25, -0.2) is 8.42 Å². The van der Waals surface area contributed by atoms with Crippen LogP contribution in [0.4, 0.5) is 0 Å². The monoisotopic (exact) mass is 422 g/mol. The highest BCUT2D eigenvalue weighted by Gasteiger charge is 2.37. The lowest BCUT2D eigenvalue weighted by Gasteiger charge is -2.25. The Labute approximate surface area is 176 Å². The zero-order valence-corrected chi connectivity index (χ0v) is 17.5. The van der Waals surface area contributed by atoms with Gasteiger partial charge in [-0.15, -0.1) is 4.41 Å². The zero-order valence-electron chi connectivity index (χ0n) is 16.6. The molecule has 0 radical (unpaired) electrons. The van der Waals surface area contributed by atoms with Crippen LogP contribution in [-0.2, 0) is 10.0 Å². The lowest BCUT2D eigenvalue weighted by Crippen LogP contribution is -2.39. The molecule has 154 valence electrons. The summed E-state index contributed by atoms with van der Waals surface area (Å²) in [7, 11) is -0.651. The Balaban J connectivity index is 1.78. The van der Waals surface area contributed by atoms with Crippen molar-refractivity contribution in [2.75, 3.05) is 14.2 Å². The minimum atomic E-state index is -3.79. The van der Waals surface area contributed by atoms with Crippen LogP contribution in [0.15, 0.2) is 89.8 Å². The van der Waals surface area contributed by atoms with Gasteiger partial charge in [-0.1, -0.05) is 48.5 Å². The maximum Gasteiger partial charge on any atom is 0.260 e. The summed E-state index contributed by atoms with van der Waals surface area (Å²) in [5.74, 6) is 1.17. The van der Waals surface area contributed by atoms with E-state index in [2.05, 4.69) is 5.43 Å². The Hall–Kier alpha value is -3.29. The highest BCUT2D eigenvalue weighted by atomic mass is 32.2. The Morgan fingerprint density at radius 3 is 2.10 bits per heavy atom. The molecule has 0 saturated heterocycles. The predicted molar refractivity (Wildman–Crippen MR) is 115 cm³/mol. The molecule has 1 heterocycles. The number of hydrogen-bond donors (Lipinski definition) is 1. The van der Waals surface area contributed by atoms with Crippen LogP contribution < -0.4 is 14.9 Å². The fourth-order valence-electron chi connectivity index (χ4n) is 3.41. The van der Waals surface area contributed by atoms with Gasteiger partial charge in [0.25, 0.3) is 10.0 Å². The van der Waals surface area contributed by atoms with Crippen molar-refractivity contribution in [3.63, 3.8) is 0 Å². The van der Waals surface area contributed by atoms with E-state index in [1.54, 1.807) is 50.6 Å². The summed E-state index contributed by atoms with van der Waals surface area (Å²) >= 11 is 0. The quantitative estimate of drug-likeness (QED) is 0.651. The highest BCUT2D eigenvalue weighted by Crippen LogP contribution is 2.37. The van der Waals surface area contributed by atoms with Gasteiger partial charge in [-0.05, 0) is 42.0 Å². The highest BCUT2D eigenvalue weighted by molar-refractivity contribution is 7.89. The van der Waals surface area contributed by atoms with Gasteiger partial charge in [0.15, 0.2) is 11.5 Å². The number of ether oxygens (including phenoxy) is 2. The Morgan fingerprint density at radius 2 is 1.47 bits per heavy atom. The summed E-state index contributed by atoms with van der Waals surface area (Å²) in [4.78, 5) is 0.223. The molecule has 7 heteroatoms. The molecule has 30 heavy (non-hydrogen) atoms. The number of benzene rings is 3. The van der Waals surface area contributed by atoms with E-state index in [9.17, 15) is 8.42 Å². The van der Waals surface area contributed by atoms with Gasteiger partial charge in [0.2, 0.25) is 0 Å². The first kappa shape index (κ1) is 20.0. The van der Waals surface area contributed by atoms with Gasteiger partial charge in [-0.3, -0.25) is 0 Å². The minimum absolute atomic E-state index is 0.223. The molecule has 3 aromatic carbocycles. The summed E-state index contributed by atoms with van der Waals surface area (Å²) in [5, 5.41) is 0. The van der Waals surface area contributed by atoms with Crippen molar-refractivity contribution in [3.8, 4) is 11.5 Å². The van der Waals surface area contributed by atoms with Crippen molar-refractivity contribution < 1.29 is 17.9 Å². The van der Waals surface area contributed by atoms with Gasteiger partial charge in [0.1, 0.15) is 0 Å². The Morgan fingerprint density at radius 1 is 0.833 bits per heavy atom. The van der Waals surface area contributed by atoms with E-state index in [0.29, 0.717) is 17.2 Å².